The van der Waals surface area contributed by atoms with E-state index in [1.54, 1.807) is 0 Å². The smallest absolute Gasteiger partial charge is 0.100 e. The van der Waals surface area contributed by atoms with Gasteiger partial charge >= 0.3 is 0 Å². The van der Waals surface area contributed by atoms with Crippen LogP contribution in [0.1, 0.15) is 12.0 Å². The van der Waals surface area contributed by atoms with Gasteiger partial charge in [-0.1, -0.05) is 0 Å². The Hall–Kier alpha value is -1.05. The van der Waals surface area contributed by atoms with Crippen molar-refractivity contribution in [3.8, 4) is 6.07 Å². The molecule has 1 aromatic rings. The van der Waals surface area contributed by atoms with Crippen LogP contribution in [0.5, 0.6) is 0 Å². The molecule has 1 aliphatic rings. The number of hydrogen-bond acceptors (Lipinski definition) is 3. The minimum absolute atomic E-state index is 0.695. The summed E-state index contributed by atoms with van der Waals surface area (Å²) in [4.78, 5) is 4.74. The Morgan fingerprint density at radius 2 is 2.06 bits per heavy atom. The summed E-state index contributed by atoms with van der Waals surface area (Å²) in [5.41, 5.74) is 1.90. The zero-order valence-electron chi connectivity index (χ0n) is 9.99. The number of likely N-dealkylation sites (N-methyl/N-ethyl adjacent to an activating group) is 1. The van der Waals surface area contributed by atoms with Crippen molar-refractivity contribution in [2.45, 2.75) is 6.42 Å². The molecule has 2 rings (SSSR count). The van der Waals surface area contributed by atoms with Gasteiger partial charge in [0.25, 0.3) is 0 Å². The molecule has 1 aliphatic heterocycles. The first-order chi connectivity index (χ1) is 8.20. The van der Waals surface area contributed by atoms with Gasteiger partial charge in [0.2, 0.25) is 0 Å². The lowest BCUT2D eigenvalue weighted by molar-refractivity contribution is 0.360. The lowest BCUT2D eigenvalue weighted by atomic mass is 10.2. The van der Waals surface area contributed by atoms with E-state index in [-0.39, 0.29) is 0 Å². The standard InChI is InChI=1S/C13H16BrN3/c1-16-5-2-6-17(8-7-16)12-4-3-11(10-15)13(14)9-12/h3-4,9H,2,5-8H2,1H3. The number of benzene rings is 1. The molecule has 0 spiro atoms. The molecule has 0 bridgehead atoms. The molecule has 0 aliphatic carbocycles. The van der Waals surface area contributed by atoms with Crippen LogP contribution in [0.2, 0.25) is 0 Å². The third kappa shape index (κ3) is 2.99. The SMILES string of the molecule is CN1CCCN(c2ccc(C#N)c(Br)c2)CC1. The van der Waals surface area contributed by atoms with Crippen LogP contribution in [0, 0.1) is 11.3 Å². The molecule has 90 valence electrons. The summed E-state index contributed by atoms with van der Waals surface area (Å²) in [5.74, 6) is 0. The van der Waals surface area contributed by atoms with Crippen LogP contribution in [0.25, 0.3) is 0 Å². The van der Waals surface area contributed by atoms with Crippen LogP contribution in [-0.2, 0) is 0 Å². The van der Waals surface area contributed by atoms with Gasteiger partial charge in [-0.25, -0.2) is 0 Å². The fraction of sp³-hybridized carbons (Fsp3) is 0.462. The molecule has 0 aromatic heterocycles. The second-order valence-corrected chi connectivity index (χ2v) is 5.27. The van der Waals surface area contributed by atoms with E-state index >= 15 is 0 Å². The average molecular weight is 294 g/mol. The molecule has 0 amide bonds. The Kier molecular flexibility index (Phi) is 4.03. The zero-order valence-corrected chi connectivity index (χ0v) is 11.6. The van der Waals surface area contributed by atoms with Crippen molar-refractivity contribution in [2.75, 3.05) is 38.1 Å². The average Bonchev–Trinajstić information content (AvgIpc) is 2.54. The Morgan fingerprint density at radius 3 is 2.76 bits per heavy atom. The zero-order chi connectivity index (χ0) is 12.3. The summed E-state index contributed by atoms with van der Waals surface area (Å²) in [7, 11) is 2.16. The number of nitrogens with zero attached hydrogens (tertiary/aromatic N) is 3. The number of halogens is 1. The summed E-state index contributed by atoms with van der Waals surface area (Å²) >= 11 is 3.45. The fourth-order valence-electron chi connectivity index (χ4n) is 2.10. The fourth-order valence-corrected chi connectivity index (χ4v) is 2.55. The summed E-state index contributed by atoms with van der Waals surface area (Å²) < 4.78 is 0.884. The highest BCUT2D eigenvalue weighted by Gasteiger charge is 2.13. The van der Waals surface area contributed by atoms with Crippen molar-refractivity contribution in [2.24, 2.45) is 0 Å². The first-order valence-corrected chi connectivity index (χ1v) is 6.63. The summed E-state index contributed by atoms with van der Waals surface area (Å²) in [6, 6.07) is 8.14. The lowest BCUT2D eigenvalue weighted by Crippen LogP contribution is -2.28. The summed E-state index contributed by atoms with van der Waals surface area (Å²) in [6.45, 7) is 4.39. The van der Waals surface area contributed by atoms with Crippen LogP contribution in [0.15, 0.2) is 22.7 Å². The van der Waals surface area contributed by atoms with Gasteiger partial charge in [0.05, 0.1) is 5.56 Å². The maximum atomic E-state index is 8.90. The highest BCUT2D eigenvalue weighted by atomic mass is 79.9. The second kappa shape index (κ2) is 5.52. The van der Waals surface area contributed by atoms with Crippen LogP contribution < -0.4 is 4.90 Å². The third-order valence-electron chi connectivity index (χ3n) is 3.16. The van der Waals surface area contributed by atoms with Crippen molar-refractivity contribution >= 4 is 21.6 Å². The molecule has 0 saturated carbocycles. The molecule has 0 N–H and O–H groups in total. The van der Waals surface area contributed by atoms with Gasteiger partial charge in [-0.2, -0.15) is 5.26 Å². The number of hydrogen-bond donors (Lipinski definition) is 0. The Labute approximate surface area is 111 Å². The van der Waals surface area contributed by atoms with E-state index in [2.05, 4.69) is 38.8 Å². The van der Waals surface area contributed by atoms with Gasteiger partial charge in [0, 0.05) is 29.8 Å². The molecule has 1 saturated heterocycles. The summed E-state index contributed by atoms with van der Waals surface area (Å²) in [6.07, 6.45) is 1.19. The van der Waals surface area contributed by atoms with E-state index in [0.29, 0.717) is 5.56 Å². The highest BCUT2D eigenvalue weighted by molar-refractivity contribution is 9.10. The molecule has 1 aromatic carbocycles. The molecule has 0 radical (unpaired) electrons. The van der Waals surface area contributed by atoms with Gasteiger partial charge in [0.15, 0.2) is 0 Å². The predicted octanol–water partition coefficient (Wildman–Crippen LogP) is 2.46. The molecule has 1 heterocycles. The van der Waals surface area contributed by atoms with Crippen molar-refractivity contribution in [3.05, 3.63) is 28.2 Å². The van der Waals surface area contributed by atoms with Crippen molar-refractivity contribution in [1.29, 1.82) is 5.26 Å². The first kappa shape index (κ1) is 12.4. The van der Waals surface area contributed by atoms with Crippen LogP contribution in [0.4, 0.5) is 5.69 Å². The predicted molar refractivity (Wildman–Crippen MR) is 73.2 cm³/mol. The van der Waals surface area contributed by atoms with Gasteiger partial charge in [-0.3, -0.25) is 0 Å². The van der Waals surface area contributed by atoms with E-state index in [1.165, 1.54) is 12.1 Å². The van der Waals surface area contributed by atoms with Crippen molar-refractivity contribution in [1.82, 2.24) is 4.90 Å². The van der Waals surface area contributed by atoms with E-state index in [9.17, 15) is 0 Å². The molecule has 3 nitrogen and oxygen atoms in total. The highest BCUT2D eigenvalue weighted by Crippen LogP contribution is 2.24. The molecular formula is C13H16BrN3. The van der Waals surface area contributed by atoms with Gasteiger partial charge in [-0.05, 0) is 54.1 Å². The maximum absolute atomic E-state index is 8.90. The van der Waals surface area contributed by atoms with Gasteiger partial charge < -0.3 is 9.80 Å². The van der Waals surface area contributed by atoms with Crippen LogP contribution in [-0.4, -0.2) is 38.1 Å². The minimum atomic E-state index is 0.695. The molecule has 0 atom stereocenters. The normalized spacial score (nSPS) is 17.6. The lowest BCUT2D eigenvalue weighted by Gasteiger charge is -2.23. The maximum Gasteiger partial charge on any atom is 0.100 e. The topological polar surface area (TPSA) is 30.3 Å². The minimum Gasteiger partial charge on any atom is -0.370 e. The largest absolute Gasteiger partial charge is 0.370 e. The van der Waals surface area contributed by atoms with Crippen LogP contribution in [0.3, 0.4) is 0 Å². The van der Waals surface area contributed by atoms with E-state index in [4.69, 9.17) is 5.26 Å². The number of anilines is 1. The van der Waals surface area contributed by atoms with E-state index in [0.717, 1.165) is 30.7 Å². The molecule has 4 heteroatoms. The first-order valence-electron chi connectivity index (χ1n) is 5.84. The Balaban J connectivity index is 2.17. The van der Waals surface area contributed by atoms with E-state index < -0.39 is 0 Å². The number of rotatable bonds is 1. The molecule has 17 heavy (non-hydrogen) atoms. The monoisotopic (exact) mass is 293 g/mol. The second-order valence-electron chi connectivity index (χ2n) is 4.42. The third-order valence-corrected chi connectivity index (χ3v) is 3.81. The molecule has 1 fully saturated rings. The quantitative estimate of drug-likeness (QED) is 0.797. The number of nitriles is 1. The van der Waals surface area contributed by atoms with Gasteiger partial charge in [0.1, 0.15) is 6.07 Å². The van der Waals surface area contributed by atoms with Crippen LogP contribution >= 0.6 is 15.9 Å². The Morgan fingerprint density at radius 1 is 1.24 bits per heavy atom. The Bertz CT molecular complexity index is 439. The molecule has 0 unspecified atom stereocenters. The van der Waals surface area contributed by atoms with E-state index in [1.807, 2.05) is 18.2 Å². The van der Waals surface area contributed by atoms with Gasteiger partial charge in [-0.15, -0.1) is 0 Å². The van der Waals surface area contributed by atoms with Crippen molar-refractivity contribution in [3.63, 3.8) is 0 Å². The van der Waals surface area contributed by atoms with Crippen molar-refractivity contribution < 1.29 is 0 Å². The molecular weight excluding hydrogens is 278 g/mol. The summed E-state index contributed by atoms with van der Waals surface area (Å²) in [5, 5.41) is 8.90.